The molecule has 4 heterocycles. The fraction of sp³-hybridized carbons (Fsp3) is 0.552. The Morgan fingerprint density at radius 3 is 2.27 bits per heavy atom. The van der Waals surface area contributed by atoms with Gasteiger partial charge in [0.1, 0.15) is 5.82 Å². The van der Waals surface area contributed by atoms with Gasteiger partial charge in [-0.3, -0.25) is 14.4 Å². The fourth-order valence-electron chi connectivity index (χ4n) is 5.94. The number of β-amino-alcohol motifs (C(OH)–C–C–N with tert-alkyl or cyclic N) is 1. The van der Waals surface area contributed by atoms with Crippen LogP contribution in [0.15, 0.2) is 29.1 Å². The molecule has 0 saturated carbocycles. The summed E-state index contributed by atoms with van der Waals surface area (Å²) in [5.41, 5.74) is 0.884. The lowest BCUT2D eigenvalue weighted by molar-refractivity contribution is -0.170. The quantitative estimate of drug-likeness (QED) is 0.251. The lowest BCUT2D eigenvalue weighted by Gasteiger charge is -2.46. The van der Waals surface area contributed by atoms with Crippen LogP contribution in [0.4, 0.5) is 4.39 Å². The number of thiazole rings is 1. The van der Waals surface area contributed by atoms with E-state index in [0.29, 0.717) is 32.7 Å². The van der Waals surface area contributed by atoms with Crippen molar-refractivity contribution in [1.82, 2.24) is 14.8 Å². The van der Waals surface area contributed by atoms with Crippen LogP contribution in [0.5, 0.6) is 0 Å². The minimum atomic E-state index is -2.74. The summed E-state index contributed by atoms with van der Waals surface area (Å²) in [6.45, 7) is 5.33. The molecule has 5 N–H and O–H groups in total. The van der Waals surface area contributed by atoms with Crippen LogP contribution >= 0.6 is 11.3 Å². The van der Waals surface area contributed by atoms with Gasteiger partial charge in [0.15, 0.2) is 5.60 Å². The number of aromatic nitrogens is 1. The molecule has 0 bridgehead atoms. The molecule has 240 valence electrons. The topological polar surface area (TPSA) is 198 Å². The lowest BCUT2D eigenvalue weighted by atomic mass is 9.83. The van der Waals surface area contributed by atoms with Crippen molar-refractivity contribution < 1.29 is 53.8 Å². The molecule has 1 aromatic carbocycles. The number of carbonyl (C=O) groups excluding carboxylic acids is 1. The monoisotopic (exact) mass is 637 g/mol. The Morgan fingerprint density at radius 1 is 1.11 bits per heavy atom. The third kappa shape index (κ3) is 7.95. The van der Waals surface area contributed by atoms with Crippen LogP contribution in [-0.2, 0) is 42.5 Å². The number of carbonyl (C=O) groups is 4. The SMILES string of the molecule is CC1(O)CN(C(=O)C(Cc2cscn2)CN2CCC3(CC2)OCc2ccc(F)cc23)C1.O=C(O)CC(O)(CC(=O)O)C(=O)O. The number of nitrogens with zero attached hydrogens (tertiary/aromatic N) is 3. The summed E-state index contributed by atoms with van der Waals surface area (Å²) in [4.78, 5) is 52.1. The minimum absolute atomic E-state index is 0.0874. The molecule has 3 aliphatic rings. The number of benzene rings is 1. The summed E-state index contributed by atoms with van der Waals surface area (Å²) in [6, 6.07) is 4.96. The second kappa shape index (κ2) is 13.2. The molecule has 0 aliphatic carbocycles. The van der Waals surface area contributed by atoms with E-state index in [1.54, 1.807) is 23.4 Å². The van der Waals surface area contributed by atoms with Gasteiger partial charge in [0.2, 0.25) is 5.91 Å². The molecule has 13 nitrogen and oxygen atoms in total. The first-order chi connectivity index (χ1) is 20.6. The van der Waals surface area contributed by atoms with Crippen molar-refractivity contribution in [1.29, 1.82) is 0 Å². The van der Waals surface area contributed by atoms with Crippen LogP contribution in [0.25, 0.3) is 0 Å². The number of likely N-dealkylation sites (tertiary alicyclic amines) is 2. The van der Waals surface area contributed by atoms with Crippen molar-refractivity contribution >= 4 is 35.2 Å². The van der Waals surface area contributed by atoms with E-state index in [9.17, 15) is 28.7 Å². The number of ether oxygens (including phenoxy) is 1. The maximum Gasteiger partial charge on any atom is 0.336 e. The van der Waals surface area contributed by atoms with E-state index in [1.165, 1.54) is 17.4 Å². The molecule has 1 spiro atoms. The molecule has 1 aromatic heterocycles. The van der Waals surface area contributed by atoms with Gasteiger partial charge >= 0.3 is 17.9 Å². The first-order valence-electron chi connectivity index (χ1n) is 14.0. The van der Waals surface area contributed by atoms with Gasteiger partial charge in [0.05, 0.1) is 60.9 Å². The van der Waals surface area contributed by atoms with Gasteiger partial charge in [0.25, 0.3) is 0 Å². The van der Waals surface area contributed by atoms with Gasteiger partial charge < -0.3 is 40.1 Å². The van der Waals surface area contributed by atoms with E-state index in [4.69, 9.17) is 25.2 Å². The zero-order valence-electron chi connectivity index (χ0n) is 24.1. The highest BCUT2D eigenvalue weighted by molar-refractivity contribution is 7.07. The first-order valence-corrected chi connectivity index (χ1v) is 15.0. The number of carboxylic acids is 3. The number of rotatable bonds is 10. The van der Waals surface area contributed by atoms with Gasteiger partial charge in [-0.1, -0.05) is 6.07 Å². The molecule has 5 rings (SSSR count). The summed E-state index contributed by atoms with van der Waals surface area (Å²) < 4.78 is 20.0. The van der Waals surface area contributed by atoms with Crippen molar-refractivity contribution in [2.75, 3.05) is 32.7 Å². The van der Waals surface area contributed by atoms with Crippen molar-refractivity contribution in [3.8, 4) is 0 Å². The van der Waals surface area contributed by atoms with Crippen LogP contribution in [0.3, 0.4) is 0 Å². The Morgan fingerprint density at radius 2 is 1.75 bits per heavy atom. The van der Waals surface area contributed by atoms with Crippen molar-refractivity contribution in [2.45, 2.75) is 62.4 Å². The number of aliphatic carboxylic acids is 3. The van der Waals surface area contributed by atoms with E-state index < -0.39 is 47.6 Å². The number of aliphatic hydroxyl groups is 2. The lowest BCUT2D eigenvalue weighted by Crippen LogP contribution is -2.63. The summed E-state index contributed by atoms with van der Waals surface area (Å²) in [5.74, 6) is -5.34. The first kappa shape index (κ1) is 33.4. The molecule has 2 fully saturated rings. The van der Waals surface area contributed by atoms with E-state index >= 15 is 0 Å². The standard InChI is InChI=1S/C23H28FN3O3S.C6H8O7/c1-22(29)13-27(14-22)21(28)17(8-19-12-31-15-25-19)10-26-6-4-23(5-7-26)20-9-18(24)3-2-16(20)11-30-23;7-3(8)1-6(13,5(11)12)2-4(9)10/h2-3,9,12,15,17,29H,4-8,10-11,13-14H2,1H3;13H,1-2H2,(H,7,8)(H,9,10)(H,11,12). The Balaban J connectivity index is 0.000000289. The summed E-state index contributed by atoms with van der Waals surface area (Å²) >= 11 is 1.54. The molecular formula is C29H36FN3O10S. The summed E-state index contributed by atoms with van der Waals surface area (Å²) in [5, 5.41) is 45.9. The Kier molecular flexibility index (Phi) is 10.0. The number of fused-ring (bicyclic) bond motifs is 2. The molecule has 44 heavy (non-hydrogen) atoms. The molecule has 0 radical (unpaired) electrons. The zero-order valence-corrected chi connectivity index (χ0v) is 25.0. The molecule has 2 saturated heterocycles. The average Bonchev–Trinajstić information content (AvgIpc) is 3.55. The highest BCUT2D eigenvalue weighted by atomic mass is 32.1. The Hall–Kier alpha value is -3.50. The zero-order chi connectivity index (χ0) is 32.3. The maximum atomic E-state index is 13.9. The fourth-order valence-corrected chi connectivity index (χ4v) is 6.51. The summed E-state index contributed by atoms with van der Waals surface area (Å²) in [6.07, 6.45) is -0.102. The Bertz CT molecular complexity index is 1350. The number of carboxylic acid groups (broad SMARTS) is 3. The van der Waals surface area contributed by atoms with Gasteiger partial charge in [0, 0.05) is 31.4 Å². The van der Waals surface area contributed by atoms with E-state index in [0.717, 1.165) is 42.8 Å². The average molecular weight is 638 g/mol. The van der Waals surface area contributed by atoms with Crippen molar-refractivity contribution in [2.24, 2.45) is 5.92 Å². The highest BCUT2D eigenvalue weighted by Crippen LogP contribution is 2.44. The molecular weight excluding hydrogens is 601 g/mol. The molecule has 15 heteroatoms. The molecule has 1 unspecified atom stereocenters. The smallest absolute Gasteiger partial charge is 0.336 e. The van der Waals surface area contributed by atoms with Gasteiger partial charge in [-0.15, -0.1) is 11.3 Å². The van der Waals surface area contributed by atoms with E-state index in [2.05, 4.69) is 9.88 Å². The third-order valence-corrected chi connectivity index (χ3v) is 8.79. The number of halogens is 1. The van der Waals surface area contributed by atoms with Crippen molar-refractivity contribution in [3.05, 3.63) is 51.7 Å². The van der Waals surface area contributed by atoms with E-state index in [-0.39, 0.29) is 17.6 Å². The predicted octanol–water partition coefficient (Wildman–Crippen LogP) is 1.31. The number of amides is 1. The van der Waals surface area contributed by atoms with Crippen LogP contribution in [-0.4, -0.2) is 108 Å². The number of hydrogen-bond donors (Lipinski definition) is 5. The van der Waals surface area contributed by atoms with Gasteiger partial charge in [-0.05, 0) is 43.0 Å². The number of piperidine rings is 1. The Labute approximate surface area is 256 Å². The second-order valence-electron chi connectivity index (χ2n) is 11.9. The molecule has 2 aromatic rings. The number of hydrogen-bond acceptors (Lipinski definition) is 10. The minimum Gasteiger partial charge on any atom is -0.481 e. The van der Waals surface area contributed by atoms with Crippen LogP contribution in [0, 0.1) is 11.7 Å². The predicted molar refractivity (Wildman–Crippen MR) is 152 cm³/mol. The normalized spacial score (nSPS) is 19.3. The largest absolute Gasteiger partial charge is 0.481 e. The van der Waals surface area contributed by atoms with Gasteiger partial charge in [-0.2, -0.15) is 0 Å². The van der Waals surface area contributed by atoms with Crippen LogP contribution in [0.1, 0.15) is 49.4 Å². The van der Waals surface area contributed by atoms with E-state index in [1.807, 2.05) is 11.4 Å². The van der Waals surface area contributed by atoms with Gasteiger partial charge in [-0.25, -0.2) is 14.2 Å². The highest BCUT2D eigenvalue weighted by Gasteiger charge is 2.45. The van der Waals surface area contributed by atoms with Crippen LogP contribution in [0.2, 0.25) is 0 Å². The maximum absolute atomic E-state index is 13.9. The van der Waals surface area contributed by atoms with Crippen LogP contribution < -0.4 is 0 Å². The summed E-state index contributed by atoms with van der Waals surface area (Å²) in [7, 11) is 0. The van der Waals surface area contributed by atoms with Crippen molar-refractivity contribution in [3.63, 3.8) is 0 Å². The third-order valence-electron chi connectivity index (χ3n) is 8.16. The molecule has 3 aliphatic heterocycles. The second-order valence-corrected chi connectivity index (χ2v) is 12.7. The molecule has 1 atom stereocenters. The molecule has 1 amide bonds.